The van der Waals surface area contributed by atoms with Crippen LogP contribution in [-0.2, 0) is 0 Å². The molecular formula is C17H13N7O2. The van der Waals surface area contributed by atoms with Crippen molar-refractivity contribution in [2.45, 2.75) is 6.92 Å². The number of hydrogen-bond acceptors (Lipinski definition) is 7. The number of nitrogens with one attached hydrogen (secondary N) is 1. The Balaban J connectivity index is 1.51. The fourth-order valence-electron chi connectivity index (χ4n) is 2.33. The van der Waals surface area contributed by atoms with Gasteiger partial charge in [0.15, 0.2) is 0 Å². The number of aryl methyl sites for hydroxylation is 1. The number of carbonyl (C=O) groups excluding carboxylic acids is 1. The summed E-state index contributed by atoms with van der Waals surface area (Å²) >= 11 is 0. The number of hydrogen-bond donors (Lipinski definition) is 1. The summed E-state index contributed by atoms with van der Waals surface area (Å²) in [5.41, 5.74) is 1.25. The number of imidazole rings is 1. The topological polar surface area (TPSA) is 112 Å². The molecule has 0 aliphatic heterocycles. The molecule has 1 aromatic carbocycles. The highest BCUT2D eigenvalue weighted by atomic mass is 16.5. The molecule has 0 aliphatic rings. The lowest BCUT2D eigenvalue weighted by molar-refractivity contribution is 0.102. The third-order valence-electron chi connectivity index (χ3n) is 3.60. The van der Waals surface area contributed by atoms with Crippen molar-refractivity contribution in [1.82, 2.24) is 29.7 Å². The monoisotopic (exact) mass is 347 g/mol. The average Bonchev–Trinajstić information content (AvgIpc) is 3.34. The normalized spacial score (nSPS) is 10.7. The summed E-state index contributed by atoms with van der Waals surface area (Å²) in [6.07, 6.45) is 6.40. The zero-order valence-electron chi connectivity index (χ0n) is 13.7. The van der Waals surface area contributed by atoms with Gasteiger partial charge in [0.25, 0.3) is 5.91 Å². The minimum absolute atomic E-state index is 0.281. The molecule has 0 saturated carbocycles. The Morgan fingerprint density at radius 3 is 2.73 bits per heavy atom. The van der Waals surface area contributed by atoms with Crippen molar-refractivity contribution in [3.05, 3.63) is 66.8 Å². The van der Waals surface area contributed by atoms with Gasteiger partial charge < -0.3 is 9.84 Å². The first kappa shape index (κ1) is 15.6. The van der Waals surface area contributed by atoms with E-state index in [9.17, 15) is 4.79 Å². The molecule has 3 heterocycles. The van der Waals surface area contributed by atoms with Crippen LogP contribution < -0.4 is 5.32 Å². The number of aromatic nitrogens is 6. The Morgan fingerprint density at radius 2 is 2.04 bits per heavy atom. The van der Waals surface area contributed by atoms with Crippen molar-refractivity contribution in [2.75, 3.05) is 5.32 Å². The van der Waals surface area contributed by atoms with E-state index in [2.05, 4.69) is 30.4 Å². The molecule has 1 amide bonds. The van der Waals surface area contributed by atoms with Gasteiger partial charge in [-0.05, 0) is 12.1 Å². The van der Waals surface area contributed by atoms with Crippen molar-refractivity contribution in [2.24, 2.45) is 0 Å². The zero-order valence-corrected chi connectivity index (χ0v) is 13.7. The minimum atomic E-state index is -0.281. The number of amides is 1. The lowest BCUT2D eigenvalue weighted by Crippen LogP contribution is -2.13. The van der Waals surface area contributed by atoms with E-state index in [1.54, 1.807) is 60.5 Å². The van der Waals surface area contributed by atoms with Gasteiger partial charge >= 0.3 is 0 Å². The number of anilines is 1. The number of benzene rings is 1. The lowest BCUT2D eigenvalue weighted by atomic mass is 10.1. The fraction of sp³-hybridized carbons (Fsp3) is 0.0588. The molecule has 0 bridgehead atoms. The molecule has 0 aliphatic carbocycles. The predicted octanol–water partition coefficient (Wildman–Crippen LogP) is 2.27. The minimum Gasteiger partial charge on any atom is -0.339 e. The molecule has 0 atom stereocenters. The Bertz CT molecular complexity index is 1040. The van der Waals surface area contributed by atoms with Gasteiger partial charge in [0, 0.05) is 36.5 Å². The summed E-state index contributed by atoms with van der Waals surface area (Å²) in [5.74, 6) is 1.69. The van der Waals surface area contributed by atoms with Crippen LogP contribution in [0.4, 0.5) is 5.82 Å². The summed E-state index contributed by atoms with van der Waals surface area (Å²) < 4.78 is 6.68. The van der Waals surface area contributed by atoms with Crippen LogP contribution in [0.15, 0.2) is 59.9 Å². The third kappa shape index (κ3) is 3.18. The van der Waals surface area contributed by atoms with E-state index in [4.69, 9.17) is 4.52 Å². The summed E-state index contributed by atoms with van der Waals surface area (Å²) in [4.78, 5) is 28.8. The van der Waals surface area contributed by atoms with Gasteiger partial charge in [-0.3, -0.25) is 9.36 Å². The standard InChI is InChI=1S/C17H13N7O2/c1-11-21-16(23-26-11)12-2-4-13(5-3-12)17(25)22-14-8-15(20-9-19-14)24-7-6-18-10-24/h2-10H,1H3,(H,19,20,22,25). The highest BCUT2D eigenvalue weighted by molar-refractivity contribution is 6.04. The van der Waals surface area contributed by atoms with Crippen LogP contribution in [0.3, 0.4) is 0 Å². The van der Waals surface area contributed by atoms with Crippen LogP contribution in [0.1, 0.15) is 16.2 Å². The van der Waals surface area contributed by atoms with E-state index < -0.39 is 0 Å². The molecule has 0 unspecified atom stereocenters. The van der Waals surface area contributed by atoms with Crippen molar-refractivity contribution in [3.8, 4) is 17.2 Å². The fourth-order valence-corrected chi connectivity index (χ4v) is 2.33. The maximum atomic E-state index is 12.4. The van der Waals surface area contributed by atoms with Crippen LogP contribution in [0, 0.1) is 6.92 Å². The molecule has 9 nitrogen and oxygen atoms in total. The van der Waals surface area contributed by atoms with E-state index in [1.165, 1.54) is 6.33 Å². The second-order valence-corrected chi connectivity index (χ2v) is 5.40. The lowest BCUT2D eigenvalue weighted by Gasteiger charge is -2.06. The predicted molar refractivity (Wildman–Crippen MR) is 91.6 cm³/mol. The average molecular weight is 347 g/mol. The molecular weight excluding hydrogens is 334 g/mol. The first-order valence-electron chi connectivity index (χ1n) is 7.71. The summed E-state index contributed by atoms with van der Waals surface area (Å²) in [6, 6.07) is 8.56. The van der Waals surface area contributed by atoms with Crippen molar-refractivity contribution in [3.63, 3.8) is 0 Å². The Labute approximate surface area is 147 Å². The molecule has 4 aromatic rings. The number of carbonyl (C=O) groups is 1. The molecule has 4 rings (SSSR count). The van der Waals surface area contributed by atoms with E-state index in [-0.39, 0.29) is 5.91 Å². The second kappa shape index (κ2) is 6.55. The quantitative estimate of drug-likeness (QED) is 0.602. The smallest absolute Gasteiger partial charge is 0.256 e. The maximum absolute atomic E-state index is 12.4. The van der Waals surface area contributed by atoms with Crippen LogP contribution in [-0.4, -0.2) is 35.6 Å². The SMILES string of the molecule is Cc1nc(-c2ccc(C(=O)Nc3cc(-n4ccnc4)ncn3)cc2)no1. The zero-order chi connectivity index (χ0) is 17.9. The molecule has 0 spiro atoms. The maximum Gasteiger partial charge on any atom is 0.256 e. The van der Waals surface area contributed by atoms with Crippen LogP contribution in [0.2, 0.25) is 0 Å². The van der Waals surface area contributed by atoms with Crippen molar-refractivity contribution >= 4 is 11.7 Å². The number of rotatable bonds is 4. The van der Waals surface area contributed by atoms with E-state index in [0.717, 1.165) is 5.56 Å². The third-order valence-corrected chi connectivity index (χ3v) is 3.60. The van der Waals surface area contributed by atoms with Crippen LogP contribution in [0.25, 0.3) is 17.2 Å². The highest BCUT2D eigenvalue weighted by Gasteiger charge is 2.10. The van der Waals surface area contributed by atoms with Gasteiger partial charge in [-0.15, -0.1) is 0 Å². The summed E-state index contributed by atoms with van der Waals surface area (Å²) in [6.45, 7) is 1.72. The summed E-state index contributed by atoms with van der Waals surface area (Å²) in [7, 11) is 0. The largest absolute Gasteiger partial charge is 0.339 e. The van der Waals surface area contributed by atoms with Gasteiger partial charge in [-0.1, -0.05) is 17.3 Å². The van der Waals surface area contributed by atoms with Crippen molar-refractivity contribution < 1.29 is 9.32 Å². The molecule has 0 radical (unpaired) electrons. The molecule has 1 N–H and O–H groups in total. The van der Waals surface area contributed by atoms with Gasteiger partial charge in [-0.2, -0.15) is 4.98 Å². The van der Waals surface area contributed by atoms with Gasteiger partial charge in [0.05, 0.1) is 0 Å². The first-order valence-corrected chi connectivity index (χ1v) is 7.71. The Morgan fingerprint density at radius 1 is 1.19 bits per heavy atom. The first-order chi connectivity index (χ1) is 12.7. The second-order valence-electron chi connectivity index (χ2n) is 5.40. The summed E-state index contributed by atoms with van der Waals surface area (Å²) in [5, 5.41) is 6.60. The van der Waals surface area contributed by atoms with E-state index >= 15 is 0 Å². The molecule has 128 valence electrons. The Hall–Kier alpha value is -3.88. The molecule has 0 saturated heterocycles. The molecule has 0 fully saturated rings. The van der Waals surface area contributed by atoms with Gasteiger partial charge in [0.1, 0.15) is 24.3 Å². The van der Waals surface area contributed by atoms with E-state index in [1.807, 2.05) is 0 Å². The van der Waals surface area contributed by atoms with E-state index in [0.29, 0.717) is 28.9 Å². The van der Waals surface area contributed by atoms with Crippen LogP contribution in [0.5, 0.6) is 0 Å². The molecule has 26 heavy (non-hydrogen) atoms. The molecule has 9 heteroatoms. The molecule has 3 aromatic heterocycles. The highest BCUT2D eigenvalue weighted by Crippen LogP contribution is 2.17. The van der Waals surface area contributed by atoms with Gasteiger partial charge in [-0.25, -0.2) is 15.0 Å². The van der Waals surface area contributed by atoms with Crippen LogP contribution >= 0.6 is 0 Å². The van der Waals surface area contributed by atoms with Crippen molar-refractivity contribution in [1.29, 1.82) is 0 Å². The number of nitrogens with zero attached hydrogens (tertiary/aromatic N) is 6. The van der Waals surface area contributed by atoms with Gasteiger partial charge in [0.2, 0.25) is 11.7 Å². The Kier molecular flexibility index (Phi) is 3.94.